The summed E-state index contributed by atoms with van der Waals surface area (Å²) >= 11 is 1.78. The molecule has 2 N–H and O–H groups in total. The fourth-order valence-corrected chi connectivity index (χ4v) is 4.83. The van der Waals surface area contributed by atoms with Crippen molar-refractivity contribution in [3.8, 4) is 0 Å². The minimum Gasteiger partial charge on any atom is -0.354 e. The quantitative estimate of drug-likeness (QED) is 0.492. The third-order valence-corrected chi connectivity index (χ3v) is 6.43. The highest BCUT2D eigenvalue weighted by Crippen LogP contribution is 2.34. The summed E-state index contributed by atoms with van der Waals surface area (Å²) in [4.78, 5) is 25.1. The van der Waals surface area contributed by atoms with E-state index in [1.165, 1.54) is 11.1 Å². The number of nitrogens with zero attached hydrogens (tertiary/aromatic N) is 2. The summed E-state index contributed by atoms with van der Waals surface area (Å²) in [5.41, 5.74) is 4.43. The molecule has 0 atom stereocenters. The summed E-state index contributed by atoms with van der Waals surface area (Å²) in [7, 11) is 0. The van der Waals surface area contributed by atoms with Crippen molar-refractivity contribution >= 4 is 29.4 Å². The smallest absolute Gasteiger partial charge is 0.241 e. The van der Waals surface area contributed by atoms with Crippen LogP contribution in [0, 0.1) is 0 Å². The van der Waals surface area contributed by atoms with Gasteiger partial charge in [0.15, 0.2) is 0 Å². The van der Waals surface area contributed by atoms with Gasteiger partial charge in [-0.1, -0.05) is 60.7 Å². The molecule has 1 aromatic heterocycles. The lowest BCUT2D eigenvalue weighted by molar-refractivity contribution is -0.122. The topological polar surface area (TPSA) is 76.0 Å². The number of fused-ring (bicyclic) bond motifs is 1. The van der Waals surface area contributed by atoms with Gasteiger partial charge in [0.1, 0.15) is 12.4 Å². The number of carbonyl (C=O) groups excluding carboxylic acids is 2. The third kappa shape index (κ3) is 6.01. The second kappa shape index (κ2) is 11.0. The van der Waals surface area contributed by atoms with E-state index in [4.69, 9.17) is 0 Å². The first-order valence-electron chi connectivity index (χ1n) is 11.0. The van der Waals surface area contributed by atoms with E-state index in [0.717, 1.165) is 42.0 Å². The number of carbonyl (C=O) groups is 2. The Labute approximate surface area is 192 Å². The first-order valence-corrected chi connectivity index (χ1v) is 12.1. The molecule has 1 aliphatic heterocycles. The summed E-state index contributed by atoms with van der Waals surface area (Å²) in [6, 6.07) is 20.2. The van der Waals surface area contributed by atoms with Crippen molar-refractivity contribution in [1.29, 1.82) is 0 Å². The predicted molar refractivity (Wildman–Crippen MR) is 128 cm³/mol. The Morgan fingerprint density at radius 1 is 0.906 bits per heavy atom. The standard InChI is InChI=1S/C25H28N4O2S/c30-23(13-7-12-19-8-3-1-4-9-19)27-25-21-17-32-18-22(21)28-29(25)16-24(31)26-15-14-20-10-5-2-6-11-20/h1-6,8-11H,7,12-18H2,(H,26,31)(H,27,30). The lowest BCUT2D eigenvalue weighted by atomic mass is 10.1. The van der Waals surface area contributed by atoms with Crippen LogP contribution in [-0.4, -0.2) is 28.1 Å². The summed E-state index contributed by atoms with van der Waals surface area (Å²) < 4.78 is 1.65. The van der Waals surface area contributed by atoms with Crippen LogP contribution in [0.15, 0.2) is 60.7 Å². The molecule has 0 spiro atoms. The fraction of sp³-hybridized carbons (Fsp3) is 0.320. The molecule has 2 heterocycles. The molecule has 4 rings (SSSR count). The van der Waals surface area contributed by atoms with Crippen LogP contribution in [0.3, 0.4) is 0 Å². The van der Waals surface area contributed by atoms with Crippen LogP contribution in [-0.2, 0) is 40.5 Å². The van der Waals surface area contributed by atoms with E-state index in [9.17, 15) is 9.59 Å². The van der Waals surface area contributed by atoms with Gasteiger partial charge < -0.3 is 10.6 Å². The van der Waals surface area contributed by atoms with Crippen molar-refractivity contribution in [2.45, 2.75) is 43.7 Å². The van der Waals surface area contributed by atoms with Crippen LogP contribution in [0.4, 0.5) is 5.82 Å². The van der Waals surface area contributed by atoms with Gasteiger partial charge >= 0.3 is 0 Å². The Hall–Kier alpha value is -3.06. The van der Waals surface area contributed by atoms with Crippen LogP contribution in [0.1, 0.15) is 35.2 Å². The number of hydrogen-bond acceptors (Lipinski definition) is 4. The van der Waals surface area contributed by atoms with Crippen molar-refractivity contribution in [2.75, 3.05) is 11.9 Å². The van der Waals surface area contributed by atoms with E-state index in [1.807, 2.05) is 48.5 Å². The maximum Gasteiger partial charge on any atom is 0.241 e. The maximum absolute atomic E-state index is 12.6. The van der Waals surface area contributed by atoms with Gasteiger partial charge in [0.25, 0.3) is 0 Å². The van der Waals surface area contributed by atoms with Crippen LogP contribution < -0.4 is 10.6 Å². The van der Waals surface area contributed by atoms with Crippen molar-refractivity contribution in [2.24, 2.45) is 0 Å². The molecule has 2 aromatic carbocycles. The molecular formula is C25H28N4O2S. The van der Waals surface area contributed by atoms with E-state index in [2.05, 4.69) is 27.9 Å². The van der Waals surface area contributed by atoms with Gasteiger partial charge in [0.05, 0.1) is 5.69 Å². The summed E-state index contributed by atoms with van der Waals surface area (Å²) in [6.07, 6.45) is 2.86. The molecular weight excluding hydrogens is 420 g/mol. The van der Waals surface area contributed by atoms with Crippen molar-refractivity contribution < 1.29 is 9.59 Å². The first kappa shape index (κ1) is 22.1. The van der Waals surface area contributed by atoms with Gasteiger partial charge in [-0.25, -0.2) is 4.68 Å². The fourth-order valence-electron chi connectivity index (χ4n) is 3.80. The van der Waals surface area contributed by atoms with Gasteiger partial charge in [-0.2, -0.15) is 16.9 Å². The molecule has 0 saturated carbocycles. The zero-order chi connectivity index (χ0) is 22.2. The van der Waals surface area contributed by atoms with E-state index < -0.39 is 0 Å². The second-order valence-corrected chi connectivity index (χ2v) is 8.88. The van der Waals surface area contributed by atoms with Gasteiger partial charge in [0, 0.05) is 30.0 Å². The Balaban J connectivity index is 1.31. The number of amides is 2. The molecule has 2 amide bonds. The zero-order valence-electron chi connectivity index (χ0n) is 18.0. The Bertz CT molecular complexity index is 1050. The van der Waals surface area contributed by atoms with Gasteiger partial charge in [-0.15, -0.1) is 0 Å². The molecule has 0 aliphatic carbocycles. The average Bonchev–Trinajstić information content (AvgIpc) is 3.38. The lowest BCUT2D eigenvalue weighted by Gasteiger charge is -2.11. The number of benzene rings is 2. The minimum atomic E-state index is -0.102. The molecule has 7 heteroatoms. The van der Waals surface area contributed by atoms with Crippen LogP contribution in [0.25, 0.3) is 0 Å². The maximum atomic E-state index is 12.6. The van der Waals surface area contributed by atoms with Crippen molar-refractivity contribution in [3.63, 3.8) is 0 Å². The van der Waals surface area contributed by atoms with Crippen molar-refractivity contribution in [3.05, 3.63) is 83.0 Å². The molecule has 1 aliphatic rings. The number of aryl methyl sites for hydroxylation is 1. The highest BCUT2D eigenvalue weighted by molar-refractivity contribution is 7.98. The molecule has 3 aromatic rings. The van der Waals surface area contributed by atoms with Gasteiger partial charge in [-0.3, -0.25) is 9.59 Å². The van der Waals surface area contributed by atoms with Crippen LogP contribution in [0.2, 0.25) is 0 Å². The van der Waals surface area contributed by atoms with E-state index in [1.54, 1.807) is 16.4 Å². The first-order chi connectivity index (χ1) is 15.7. The van der Waals surface area contributed by atoms with E-state index >= 15 is 0 Å². The monoisotopic (exact) mass is 448 g/mol. The lowest BCUT2D eigenvalue weighted by Crippen LogP contribution is -2.30. The highest BCUT2D eigenvalue weighted by Gasteiger charge is 2.24. The SMILES string of the molecule is O=C(Cn1nc2c(c1NC(=O)CCCc1ccccc1)CSC2)NCCc1ccccc1. The number of nitrogens with one attached hydrogen (secondary N) is 2. The summed E-state index contributed by atoms with van der Waals surface area (Å²) in [5.74, 6) is 2.16. The number of anilines is 1. The number of hydrogen-bond donors (Lipinski definition) is 2. The third-order valence-electron chi connectivity index (χ3n) is 5.46. The molecule has 0 unspecified atom stereocenters. The van der Waals surface area contributed by atoms with E-state index in [-0.39, 0.29) is 18.4 Å². The molecule has 0 saturated heterocycles. The summed E-state index contributed by atoms with van der Waals surface area (Å²) in [5, 5.41) is 10.6. The highest BCUT2D eigenvalue weighted by atomic mass is 32.2. The second-order valence-electron chi connectivity index (χ2n) is 7.90. The Morgan fingerprint density at radius 2 is 1.59 bits per heavy atom. The van der Waals surface area contributed by atoms with Gasteiger partial charge in [0.2, 0.25) is 11.8 Å². The largest absolute Gasteiger partial charge is 0.354 e. The van der Waals surface area contributed by atoms with Gasteiger partial charge in [-0.05, 0) is 30.4 Å². The summed E-state index contributed by atoms with van der Waals surface area (Å²) in [6.45, 7) is 0.674. The average molecular weight is 449 g/mol. The van der Waals surface area contributed by atoms with Crippen LogP contribution >= 0.6 is 11.8 Å². The Kier molecular flexibility index (Phi) is 7.61. The van der Waals surface area contributed by atoms with E-state index in [0.29, 0.717) is 18.8 Å². The predicted octanol–water partition coefficient (Wildman–Crippen LogP) is 3.95. The number of rotatable bonds is 10. The normalized spacial score (nSPS) is 12.4. The Morgan fingerprint density at radius 3 is 2.31 bits per heavy atom. The number of thioether (sulfide) groups is 1. The molecule has 6 nitrogen and oxygen atoms in total. The zero-order valence-corrected chi connectivity index (χ0v) is 18.9. The minimum absolute atomic E-state index is 0.0359. The molecule has 0 fully saturated rings. The molecule has 0 radical (unpaired) electrons. The number of aromatic nitrogens is 2. The van der Waals surface area contributed by atoms with Crippen molar-refractivity contribution in [1.82, 2.24) is 15.1 Å². The molecule has 166 valence electrons. The van der Waals surface area contributed by atoms with Crippen LogP contribution in [0.5, 0.6) is 0 Å². The molecule has 32 heavy (non-hydrogen) atoms. The molecule has 0 bridgehead atoms.